The van der Waals surface area contributed by atoms with Crippen molar-refractivity contribution in [2.24, 2.45) is 17.3 Å². The van der Waals surface area contributed by atoms with E-state index in [0.717, 1.165) is 12.0 Å². The molecule has 1 aliphatic heterocycles. The van der Waals surface area contributed by atoms with Gasteiger partial charge < -0.3 is 15.0 Å². The maximum Gasteiger partial charge on any atom is 0.251 e. The van der Waals surface area contributed by atoms with Crippen LogP contribution in [0.3, 0.4) is 0 Å². The minimum absolute atomic E-state index is 0.0191. The Morgan fingerprint density at radius 1 is 1.21 bits per heavy atom. The molecule has 1 saturated heterocycles. The standard InChI is InChI=1S/C28H39N3O3/c1-20(16-21-10-6-4-7-11-21)26(33)31-15-14-28(34,27(2,3)19-31)18-24-29-23(17-25(32)30-24)22-12-8-5-9-13-22/h5,8-9,12-13,17,20-21,34H,4,6-7,10-11,14-16,18-19H2,1-3H3,(H,29,30,32)/t20-,28-/m1/s1. The number of rotatable bonds is 6. The van der Waals surface area contributed by atoms with Crippen molar-refractivity contribution < 1.29 is 9.90 Å². The van der Waals surface area contributed by atoms with E-state index in [1.165, 1.54) is 38.2 Å². The second-order valence-corrected chi connectivity index (χ2v) is 11.2. The SMILES string of the molecule is C[C@H](CC1CCCCC1)C(=O)N1CC[C@@](O)(Cc2nc(-c3ccccc3)cc(=O)[nH]2)C(C)(C)C1. The molecule has 1 aromatic carbocycles. The third kappa shape index (κ3) is 5.43. The van der Waals surface area contributed by atoms with Gasteiger partial charge >= 0.3 is 0 Å². The monoisotopic (exact) mass is 465 g/mol. The largest absolute Gasteiger partial charge is 0.389 e. The van der Waals surface area contributed by atoms with E-state index in [2.05, 4.69) is 16.9 Å². The summed E-state index contributed by atoms with van der Waals surface area (Å²) < 4.78 is 0. The number of carbonyl (C=O) groups excluding carboxylic acids is 1. The first-order valence-corrected chi connectivity index (χ1v) is 12.8. The highest BCUT2D eigenvalue weighted by Gasteiger charge is 2.49. The Morgan fingerprint density at radius 3 is 2.59 bits per heavy atom. The molecule has 1 aliphatic carbocycles. The number of likely N-dealkylation sites (tertiary alicyclic amines) is 1. The Labute approximate surface area is 202 Å². The smallest absolute Gasteiger partial charge is 0.251 e. The van der Waals surface area contributed by atoms with Crippen molar-refractivity contribution in [3.63, 3.8) is 0 Å². The fraction of sp³-hybridized carbons (Fsp3) is 0.607. The highest BCUT2D eigenvalue weighted by Crippen LogP contribution is 2.41. The molecule has 6 heteroatoms. The molecular formula is C28H39N3O3. The molecule has 0 bridgehead atoms. The molecule has 0 unspecified atom stereocenters. The zero-order valence-electron chi connectivity index (χ0n) is 20.8. The van der Waals surface area contributed by atoms with Crippen LogP contribution in [0.5, 0.6) is 0 Å². The molecule has 0 spiro atoms. The van der Waals surface area contributed by atoms with Crippen molar-refractivity contribution in [3.8, 4) is 11.3 Å². The van der Waals surface area contributed by atoms with Gasteiger partial charge in [0, 0.05) is 42.5 Å². The van der Waals surface area contributed by atoms with Crippen LogP contribution >= 0.6 is 0 Å². The van der Waals surface area contributed by atoms with E-state index in [-0.39, 0.29) is 23.8 Å². The zero-order chi connectivity index (χ0) is 24.3. The first-order chi connectivity index (χ1) is 16.2. The van der Waals surface area contributed by atoms with Gasteiger partial charge in [-0.15, -0.1) is 0 Å². The summed E-state index contributed by atoms with van der Waals surface area (Å²) in [6, 6.07) is 11.1. The molecule has 2 aliphatic rings. The normalized spacial score (nSPS) is 24.1. The molecule has 1 aromatic heterocycles. The van der Waals surface area contributed by atoms with Crippen molar-refractivity contribution in [1.82, 2.24) is 14.9 Å². The van der Waals surface area contributed by atoms with Gasteiger partial charge in [0.2, 0.25) is 5.91 Å². The van der Waals surface area contributed by atoms with Crippen LogP contribution in [-0.4, -0.2) is 44.6 Å². The van der Waals surface area contributed by atoms with Gasteiger partial charge in [0.15, 0.2) is 0 Å². The lowest BCUT2D eigenvalue weighted by Crippen LogP contribution is -2.60. The van der Waals surface area contributed by atoms with Crippen molar-refractivity contribution in [2.75, 3.05) is 13.1 Å². The third-order valence-corrected chi connectivity index (χ3v) is 8.11. The first kappa shape index (κ1) is 24.6. The second-order valence-electron chi connectivity index (χ2n) is 11.2. The molecule has 2 fully saturated rings. The maximum atomic E-state index is 13.3. The van der Waals surface area contributed by atoms with Gasteiger partial charge in [-0.3, -0.25) is 9.59 Å². The van der Waals surface area contributed by atoms with Gasteiger partial charge in [-0.1, -0.05) is 83.2 Å². The van der Waals surface area contributed by atoms with E-state index in [4.69, 9.17) is 0 Å². The molecule has 1 amide bonds. The predicted molar refractivity (Wildman–Crippen MR) is 134 cm³/mol. The number of aromatic amines is 1. The minimum atomic E-state index is -1.07. The van der Waals surface area contributed by atoms with Crippen LogP contribution in [0.1, 0.15) is 71.5 Å². The number of nitrogens with one attached hydrogen (secondary N) is 1. The fourth-order valence-corrected chi connectivity index (χ4v) is 5.84. The summed E-state index contributed by atoms with van der Waals surface area (Å²) in [6.07, 6.45) is 8.07. The average molecular weight is 466 g/mol. The maximum absolute atomic E-state index is 13.3. The van der Waals surface area contributed by atoms with Crippen molar-refractivity contribution in [3.05, 3.63) is 52.6 Å². The molecule has 2 heterocycles. The minimum Gasteiger partial charge on any atom is -0.389 e. The molecular weight excluding hydrogens is 426 g/mol. The lowest BCUT2D eigenvalue weighted by atomic mass is 9.68. The van der Waals surface area contributed by atoms with Gasteiger partial charge in [-0.05, 0) is 18.8 Å². The number of hydrogen-bond donors (Lipinski definition) is 2. The third-order valence-electron chi connectivity index (χ3n) is 8.11. The Kier molecular flexibility index (Phi) is 7.27. The topological polar surface area (TPSA) is 86.3 Å². The van der Waals surface area contributed by atoms with Crippen molar-refractivity contribution in [1.29, 1.82) is 0 Å². The number of benzene rings is 1. The molecule has 4 rings (SSSR count). The van der Waals surface area contributed by atoms with Crippen molar-refractivity contribution in [2.45, 2.75) is 77.7 Å². The van der Waals surface area contributed by atoms with Gasteiger partial charge in [-0.2, -0.15) is 0 Å². The van der Waals surface area contributed by atoms with E-state index in [0.29, 0.717) is 36.9 Å². The predicted octanol–water partition coefficient (Wildman–Crippen LogP) is 4.58. The molecule has 184 valence electrons. The molecule has 2 aromatic rings. The van der Waals surface area contributed by atoms with E-state index in [1.807, 2.05) is 49.1 Å². The molecule has 2 N–H and O–H groups in total. The van der Waals surface area contributed by atoms with E-state index >= 15 is 0 Å². The van der Waals surface area contributed by atoms with Crippen LogP contribution in [0.15, 0.2) is 41.2 Å². The number of hydrogen-bond acceptors (Lipinski definition) is 4. The van der Waals surface area contributed by atoms with Crippen LogP contribution in [-0.2, 0) is 11.2 Å². The summed E-state index contributed by atoms with van der Waals surface area (Å²) in [5, 5.41) is 11.7. The summed E-state index contributed by atoms with van der Waals surface area (Å²) in [5.41, 5.74) is -0.359. The lowest BCUT2D eigenvalue weighted by molar-refractivity contribution is -0.154. The summed E-state index contributed by atoms with van der Waals surface area (Å²) in [6.45, 7) is 7.11. The number of carbonyl (C=O) groups is 1. The summed E-state index contributed by atoms with van der Waals surface area (Å²) in [7, 11) is 0. The van der Waals surface area contributed by atoms with Gasteiger partial charge in [-0.25, -0.2) is 4.98 Å². The highest BCUT2D eigenvalue weighted by molar-refractivity contribution is 5.78. The number of piperidine rings is 1. The molecule has 2 atom stereocenters. The Hall–Kier alpha value is -2.47. The van der Waals surface area contributed by atoms with E-state index in [1.54, 1.807) is 0 Å². The van der Waals surface area contributed by atoms with Gasteiger partial charge in [0.1, 0.15) is 5.82 Å². The molecule has 34 heavy (non-hydrogen) atoms. The molecule has 1 saturated carbocycles. The van der Waals surface area contributed by atoms with Gasteiger partial charge in [0.25, 0.3) is 5.56 Å². The Balaban J connectivity index is 1.45. The Bertz CT molecular complexity index is 1040. The molecule has 6 nitrogen and oxygen atoms in total. The number of aromatic nitrogens is 2. The van der Waals surface area contributed by atoms with Crippen LogP contribution in [0.2, 0.25) is 0 Å². The summed E-state index contributed by atoms with van der Waals surface area (Å²) >= 11 is 0. The number of H-pyrrole nitrogens is 1. The second kappa shape index (κ2) is 10.0. The number of nitrogens with zero attached hydrogens (tertiary/aromatic N) is 2. The number of aliphatic hydroxyl groups is 1. The zero-order valence-corrected chi connectivity index (χ0v) is 20.8. The van der Waals surface area contributed by atoms with Crippen LogP contribution in [0.25, 0.3) is 11.3 Å². The molecule has 0 radical (unpaired) electrons. The average Bonchev–Trinajstić information content (AvgIpc) is 2.81. The fourth-order valence-electron chi connectivity index (χ4n) is 5.84. The first-order valence-electron chi connectivity index (χ1n) is 12.8. The lowest BCUT2D eigenvalue weighted by Gasteiger charge is -2.50. The number of amides is 1. The Morgan fingerprint density at radius 2 is 1.91 bits per heavy atom. The van der Waals surface area contributed by atoms with E-state index in [9.17, 15) is 14.7 Å². The quantitative estimate of drug-likeness (QED) is 0.654. The summed E-state index contributed by atoms with van der Waals surface area (Å²) in [4.78, 5) is 35.0. The van der Waals surface area contributed by atoms with Crippen LogP contribution < -0.4 is 5.56 Å². The van der Waals surface area contributed by atoms with Crippen LogP contribution in [0, 0.1) is 17.3 Å². The van der Waals surface area contributed by atoms with Gasteiger partial charge in [0.05, 0.1) is 11.3 Å². The summed E-state index contributed by atoms with van der Waals surface area (Å²) in [5.74, 6) is 1.37. The van der Waals surface area contributed by atoms with E-state index < -0.39 is 11.0 Å². The highest BCUT2D eigenvalue weighted by atomic mass is 16.3. The van der Waals surface area contributed by atoms with Crippen molar-refractivity contribution >= 4 is 5.91 Å². The van der Waals surface area contributed by atoms with Crippen LogP contribution in [0.4, 0.5) is 0 Å².